The number of pyridine rings is 1. The highest BCUT2D eigenvalue weighted by molar-refractivity contribution is 5.46. The average Bonchev–Trinajstić information content (AvgIpc) is 2.21. The van der Waals surface area contributed by atoms with Gasteiger partial charge in [0.25, 0.3) is 0 Å². The topological polar surface area (TPSA) is 42.2 Å². The van der Waals surface area contributed by atoms with Crippen molar-refractivity contribution in [3.63, 3.8) is 0 Å². The van der Waals surface area contributed by atoms with Crippen LogP contribution in [0.3, 0.4) is 0 Å². The van der Waals surface area contributed by atoms with Gasteiger partial charge in [0.2, 0.25) is 0 Å². The summed E-state index contributed by atoms with van der Waals surface area (Å²) in [6.07, 6.45) is 1.23. The third-order valence-electron chi connectivity index (χ3n) is 2.19. The maximum absolute atomic E-state index is 12.9. The van der Waals surface area contributed by atoms with Crippen molar-refractivity contribution in [3.8, 4) is 0 Å². The van der Waals surface area contributed by atoms with Gasteiger partial charge in [-0.3, -0.25) is 0 Å². The summed E-state index contributed by atoms with van der Waals surface area (Å²) in [7, 11) is 0. The molecule has 1 aromatic rings. The summed E-state index contributed by atoms with van der Waals surface area (Å²) in [6.45, 7) is 6.09. The normalized spacial score (nSPS) is 10.3. The maximum Gasteiger partial charge on any atom is 0.141 e. The van der Waals surface area contributed by atoms with Gasteiger partial charge in [0, 0.05) is 25.2 Å². The first kappa shape index (κ1) is 10.9. The van der Waals surface area contributed by atoms with Crippen LogP contribution in [0.15, 0.2) is 12.3 Å². The molecule has 0 fully saturated rings. The highest BCUT2D eigenvalue weighted by atomic mass is 19.1. The molecule has 0 amide bonds. The van der Waals surface area contributed by atoms with E-state index in [1.165, 1.54) is 12.3 Å². The van der Waals surface area contributed by atoms with E-state index in [0.29, 0.717) is 6.54 Å². The van der Waals surface area contributed by atoms with Gasteiger partial charge >= 0.3 is 0 Å². The fourth-order valence-corrected chi connectivity index (χ4v) is 1.43. The minimum absolute atomic E-state index is 0.316. The van der Waals surface area contributed by atoms with Crippen LogP contribution in [0.4, 0.5) is 10.2 Å². The van der Waals surface area contributed by atoms with Gasteiger partial charge in [-0.1, -0.05) is 0 Å². The Kier molecular flexibility index (Phi) is 3.83. The van der Waals surface area contributed by atoms with Crippen molar-refractivity contribution in [2.75, 3.05) is 18.0 Å². The molecule has 2 N–H and O–H groups in total. The lowest BCUT2D eigenvalue weighted by atomic mass is 10.2. The summed E-state index contributed by atoms with van der Waals surface area (Å²) in [5.41, 5.74) is 6.29. The molecule has 0 aliphatic heterocycles. The van der Waals surface area contributed by atoms with E-state index in [-0.39, 0.29) is 5.82 Å². The molecule has 0 bridgehead atoms. The van der Waals surface area contributed by atoms with Crippen molar-refractivity contribution >= 4 is 5.82 Å². The van der Waals surface area contributed by atoms with Crippen molar-refractivity contribution in [2.24, 2.45) is 5.73 Å². The average molecular weight is 197 g/mol. The van der Waals surface area contributed by atoms with Gasteiger partial charge in [-0.15, -0.1) is 0 Å². The van der Waals surface area contributed by atoms with Crippen molar-refractivity contribution in [1.29, 1.82) is 0 Å². The van der Waals surface area contributed by atoms with E-state index in [1.807, 2.05) is 13.8 Å². The molecule has 0 aromatic carbocycles. The van der Waals surface area contributed by atoms with E-state index in [4.69, 9.17) is 5.73 Å². The predicted octanol–water partition coefficient (Wildman–Crippen LogP) is 1.53. The highest BCUT2D eigenvalue weighted by Crippen LogP contribution is 2.17. The number of hydrogen-bond acceptors (Lipinski definition) is 3. The lowest BCUT2D eigenvalue weighted by Gasteiger charge is -2.22. The van der Waals surface area contributed by atoms with E-state index in [0.717, 1.165) is 24.5 Å². The Morgan fingerprint density at radius 2 is 2.07 bits per heavy atom. The van der Waals surface area contributed by atoms with Crippen molar-refractivity contribution in [3.05, 3.63) is 23.6 Å². The Hall–Kier alpha value is -1.16. The first-order chi connectivity index (χ1) is 6.72. The molecule has 0 atom stereocenters. The van der Waals surface area contributed by atoms with E-state index >= 15 is 0 Å². The number of anilines is 1. The van der Waals surface area contributed by atoms with Gasteiger partial charge in [-0.2, -0.15) is 0 Å². The van der Waals surface area contributed by atoms with Gasteiger partial charge in [-0.25, -0.2) is 9.37 Å². The van der Waals surface area contributed by atoms with Gasteiger partial charge in [0.05, 0.1) is 6.20 Å². The number of nitrogens with two attached hydrogens (primary N) is 1. The first-order valence-corrected chi connectivity index (χ1v) is 4.82. The fraction of sp³-hybridized carbons (Fsp3) is 0.500. The molecule has 1 aromatic heterocycles. The van der Waals surface area contributed by atoms with Gasteiger partial charge in [-0.05, 0) is 19.9 Å². The van der Waals surface area contributed by atoms with Crippen molar-refractivity contribution in [2.45, 2.75) is 20.4 Å². The minimum atomic E-state index is -0.332. The lowest BCUT2D eigenvalue weighted by Crippen LogP contribution is -2.25. The fourth-order valence-electron chi connectivity index (χ4n) is 1.43. The van der Waals surface area contributed by atoms with Crippen LogP contribution in [0.5, 0.6) is 0 Å². The first-order valence-electron chi connectivity index (χ1n) is 4.82. The molecule has 0 aliphatic carbocycles. The van der Waals surface area contributed by atoms with Crippen molar-refractivity contribution < 1.29 is 4.39 Å². The molecule has 0 saturated heterocycles. The molecule has 4 heteroatoms. The molecular formula is C10H16FN3. The zero-order chi connectivity index (χ0) is 10.6. The third-order valence-corrected chi connectivity index (χ3v) is 2.19. The van der Waals surface area contributed by atoms with Crippen LogP contribution < -0.4 is 10.6 Å². The summed E-state index contributed by atoms with van der Waals surface area (Å²) in [4.78, 5) is 6.12. The van der Waals surface area contributed by atoms with Crippen LogP contribution in [0.1, 0.15) is 19.4 Å². The molecule has 0 spiro atoms. The monoisotopic (exact) mass is 197 g/mol. The molecule has 14 heavy (non-hydrogen) atoms. The molecule has 0 saturated carbocycles. The van der Waals surface area contributed by atoms with E-state index < -0.39 is 0 Å². The molecule has 78 valence electrons. The lowest BCUT2D eigenvalue weighted by molar-refractivity contribution is 0.617. The summed E-state index contributed by atoms with van der Waals surface area (Å²) in [5.74, 6) is 0.459. The molecular weight excluding hydrogens is 181 g/mol. The summed E-state index contributed by atoms with van der Waals surface area (Å²) >= 11 is 0. The van der Waals surface area contributed by atoms with E-state index in [1.54, 1.807) is 0 Å². The van der Waals surface area contributed by atoms with Crippen LogP contribution in [-0.2, 0) is 6.54 Å². The number of halogens is 1. The molecule has 1 rings (SSSR count). The van der Waals surface area contributed by atoms with Crippen LogP contribution in [0.2, 0.25) is 0 Å². The van der Waals surface area contributed by atoms with E-state index in [2.05, 4.69) is 9.88 Å². The summed E-state index contributed by atoms with van der Waals surface area (Å²) in [5, 5.41) is 0. The number of hydrogen-bond donors (Lipinski definition) is 1. The second-order valence-corrected chi connectivity index (χ2v) is 3.01. The SMILES string of the molecule is CCN(CC)c1ncc(F)cc1CN. The zero-order valence-electron chi connectivity index (χ0n) is 8.63. The third kappa shape index (κ3) is 2.20. The van der Waals surface area contributed by atoms with Gasteiger partial charge in [0.1, 0.15) is 11.6 Å². The number of aromatic nitrogens is 1. The second kappa shape index (κ2) is 4.91. The number of rotatable bonds is 4. The van der Waals surface area contributed by atoms with Crippen LogP contribution in [0, 0.1) is 5.82 Å². The maximum atomic E-state index is 12.9. The summed E-state index contributed by atoms with van der Waals surface area (Å²) < 4.78 is 12.9. The van der Waals surface area contributed by atoms with Gasteiger partial charge in [0.15, 0.2) is 0 Å². The Labute approximate surface area is 83.7 Å². The molecule has 0 aliphatic rings. The number of nitrogens with zero attached hydrogens (tertiary/aromatic N) is 2. The smallest absolute Gasteiger partial charge is 0.141 e. The second-order valence-electron chi connectivity index (χ2n) is 3.01. The molecule has 0 unspecified atom stereocenters. The molecule has 0 radical (unpaired) electrons. The summed E-state index contributed by atoms with van der Waals surface area (Å²) in [6, 6.07) is 1.45. The zero-order valence-corrected chi connectivity index (χ0v) is 8.63. The predicted molar refractivity (Wildman–Crippen MR) is 55.6 cm³/mol. The van der Waals surface area contributed by atoms with Crippen LogP contribution in [-0.4, -0.2) is 18.1 Å². The Morgan fingerprint density at radius 3 is 2.57 bits per heavy atom. The Morgan fingerprint density at radius 1 is 1.43 bits per heavy atom. The largest absolute Gasteiger partial charge is 0.357 e. The molecule has 1 heterocycles. The van der Waals surface area contributed by atoms with Crippen LogP contribution in [0.25, 0.3) is 0 Å². The molecule has 3 nitrogen and oxygen atoms in total. The Bertz CT molecular complexity index is 297. The quantitative estimate of drug-likeness (QED) is 0.795. The van der Waals surface area contributed by atoms with E-state index in [9.17, 15) is 4.39 Å². The van der Waals surface area contributed by atoms with Gasteiger partial charge < -0.3 is 10.6 Å². The minimum Gasteiger partial charge on any atom is -0.357 e. The standard InChI is InChI=1S/C10H16FN3/c1-3-14(4-2)10-8(6-12)5-9(11)7-13-10/h5,7H,3-4,6,12H2,1-2H3. The highest BCUT2D eigenvalue weighted by Gasteiger charge is 2.09. The van der Waals surface area contributed by atoms with Crippen molar-refractivity contribution in [1.82, 2.24) is 4.98 Å². The Balaban J connectivity index is 3.06. The van der Waals surface area contributed by atoms with Crippen LogP contribution >= 0.6 is 0 Å².